The van der Waals surface area contributed by atoms with Crippen molar-refractivity contribution in [3.63, 3.8) is 0 Å². The number of benzene rings is 3. The second-order valence-electron chi connectivity index (χ2n) is 7.81. The third-order valence-corrected chi connectivity index (χ3v) is 5.30. The molecule has 1 aliphatic heterocycles. The molecule has 9 nitrogen and oxygen atoms in total. The molecule has 1 amide bonds. The van der Waals surface area contributed by atoms with E-state index in [0.717, 1.165) is 29.9 Å². The highest BCUT2D eigenvalue weighted by atomic mass is 19.1. The summed E-state index contributed by atoms with van der Waals surface area (Å²) in [5.74, 6) is -2.21. The van der Waals surface area contributed by atoms with Gasteiger partial charge in [-0.3, -0.25) is 10.2 Å². The number of anilines is 2. The van der Waals surface area contributed by atoms with E-state index in [1.807, 2.05) is 0 Å². The van der Waals surface area contributed by atoms with E-state index in [2.05, 4.69) is 15.8 Å². The van der Waals surface area contributed by atoms with Crippen molar-refractivity contribution in [3.05, 3.63) is 71.5 Å². The maximum atomic E-state index is 14.3. The minimum Gasteiger partial charge on any atom is -0.505 e. The fourth-order valence-electron chi connectivity index (χ4n) is 3.60. The molecule has 10 heteroatoms. The quantitative estimate of drug-likeness (QED) is 0.196. The predicted molar refractivity (Wildman–Crippen MR) is 129 cm³/mol. The molecule has 35 heavy (non-hydrogen) atoms. The average molecular weight is 476 g/mol. The van der Waals surface area contributed by atoms with Gasteiger partial charge in [-0.15, -0.1) is 0 Å². The van der Waals surface area contributed by atoms with Crippen LogP contribution >= 0.6 is 0 Å². The number of rotatable bonds is 7. The second kappa shape index (κ2) is 9.64. The molecular formula is C25H21FN4O5. The molecule has 5 N–H and O–H groups in total. The topological polar surface area (TPSA) is 144 Å². The molecule has 0 saturated carbocycles. The Morgan fingerprint density at radius 1 is 1.14 bits per heavy atom. The van der Waals surface area contributed by atoms with Crippen molar-refractivity contribution in [1.82, 2.24) is 0 Å². The molecule has 178 valence electrons. The zero-order valence-corrected chi connectivity index (χ0v) is 18.6. The number of hydrogen-bond donors (Lipinski definition) is 5. The number of carbonyl (C=O) groups is 2. The molecule has 3 aromatic rings. The Morgan fingerprint density at radius 3 is 2.69 bits per heavy atom. The van der Waals surface area contributed by atoms with Crippen molar-refractivity contribution in [2.75, 3.05) is 17.3 Å². The lowest BCUT2D eigenvalue weighted by Gasteiger charge is -2.12. The van der Waals surface area contributed by atoms with Gasteiger partial charge >= 0.3 is 5.97 Å². The second-order valence-corrected chi connectivity index (χ2v) is 7.81. The van der Waals surface area contributed by atoms with Crippen molar-refractivity contribution in [3.8, 4) is 22.6 Å². The van der Waals surface area contributed by atoms with Gasteiger partial charge in [0, 0.05) is 23.7 Å². The number of aromatic hydroxyl groups is 1. The monoisotopic (exact) mass is 476 g/mol. The standard InChI is InChI=1S/C25H21FN4O5/c1-13(27)22(24(32)28-18-5-6-21-15(10-18)7-8-35-21)30-29-20-12-17(26)11-19(23(20)31)14-3-2-4-16(9-14)25(33)34/h2-6,9-12,27,29,31H,7-8H2,1H3,(H,28,32)(H,33,34)/b27-13?,30-22-. The number of carbonyl (C=O) groups excluding carboxylic acids is 1. The summed E-state index contributed by atoms with van der Waals surface area (Å²) in [4.78, 5) is 24.0. The lowest BCUT2D eigenvalue weighted by Crippen LogP contribution is -2.29. The number of hydrazone groups is 1. The Balaban J connectivity index is 1.60. The molecule has 0 fully saturated rings. The Labute approximate surface area is 199 Å². The molecule has 1 aliphatic rings. The van der Waals surface area contributed by atoms with Gasteiger partial charge in [-0.2, -0.15) is 5.10 Å². The van der Waals surface area contributed by atoms with Gasteiger partial charge in [0.2, 0.25) is 0 Å². The molecule has 0 saturated heterocycles. The maximum absolute atomic E-state index is 14.3. The van der Waals surface area contributed by atoms with Crippen LogP contribution in [0.15, 0.2) is 59.7 Å². The first-order valence-electron chi connectivity index (χ1n) is 10.6. The number of carboxylic acids is 1. The number of phenols is 1. The normalized spacial score (nSPS) is 12.5. The number of carboxylic acid groups (broad SMARTS) is 1. The molecule has 3 aromatic carbocycles. The zero-order valence-electron chi connectivity index (χ0n) is 18.6. The number of nitrogens with zero attached hydrogens (tertiary/aromatic N) is 1. The highest BCUT2D eigenvalue weighted by molar-refractivity contribution is 6.67. The van der Waals surface area contributed by atoms with E-state index in [-0.39, 0.29) is 33.8 Å². The SMILES string of the molecule is CC(=N)/C(=N/Nc1cc(F)cc(-c2cccc(C(=O)O)c2)c1O)C(=O)Nc1ccc2c(c1)CCO2. The first kappa shape index (κ1) is 23.4. The van der Waals surface area contributed by atoms with E-state index < -0.39 is 23.4 Å². The number of ether oxygens (including phenoxy) is 1. The Hall–Kier alpha value is -4.73. The third-order valence-electron chi connectivity index (χ3n) is 5.30. The fraction of sp³-hybridized carbons (Fsp3) is 0.120. The van der Waals surface area contributed by atoms with E-state index in [0.29, 0.717) is 12.3 Å². The molecule has 0 atom stereocenters. The Morgan fingerprint density at radius 2 is 1.94 bits per heavy atom. The molecule has 0 unspecified atom stereocenters. The van der Waals surface area contributed by atoms with Crippen LogP contribution in [0.4, 0.5) is 15.8 Å². The molecule has 0 radical (unpaired) electrons. The van der Waals surface area contributed by atoms with Crippen molar-refractivity contribution >= 4 is 34.7 Å². The van der Waals surface area contributed by atoms with Gasteiger partial charge in [-0.1, -0.05) is 12.1 Å². The number of amides is 1. The van der Waals surface area contributed by atoms with Crippen LogP contribution in [-0.4, -0.2) is 40.1 Å². The first-order chi connectivity index (χ1) is 16.7. The summed E-state index contributed by atoms with van der Waals surface area (Å²) >= 11 is 0. The lowest BCUT2D eigenvalue weighted by atomic mass is 10.0. The van der Waals surface area contributed by atoms with Gasteiger partial charge in [0.15, 0.2) is 5.71 Å². The van der Waals surface area contributed by atoms with Crippen LogP contribution in [-0.2, 0) is 11.2 Å². The first-order valence-corrected chi connectivity index (χ1v) is 10.6. The summed E-state index contributed by atoms with van der Waals surface area (Å²) < 4.78 is 19.8. The van der Waals surface area contributed by atoms with Crippen molar-refractivity contribution in [2.24, 2.45) is 5.10 Å². The summed E-state index contributed by atoms with van der Waals surface area (Å²) in [6.07, 6.45) is 0.724. The number of nitrogens with one attached hydrogen (secondary N) is 3. The predicted octanol–water partition coefficient (Wildman–Crippen LogP) is 4.28. The Bertz CT molecular complexity index is 1390. The summed E-state index contributed by atoms with van der Waals surface area (Å²) in [7, 11) is 0. The zero-order chi connectivity index (χ0) is 25.1. The van der Waals surface area contributed by atoms with Crippen LogP contribution in [0.2, 0.25) is 0 Å². The summed E-state index contributed by atoms with van der Waals surface area (Å²) in [6.45, 7) is 1.94. The van der Waals surface area contributed by atoms with Gasteiger partial charge in [-0.25, -0.2) is 9.18 Å². The van der Waals surface area contributed by atoms with Crippen molar-refractivity contribution < 1.29 is 28.9 Å². The maximum Gasteiger partial charge on any atom is 0.335 e. The number of fused-ring (bicyclic) bond motifs is 1. The summed E-state index contributed by atoms with van der Waals surface area (Å²) in [5.41, 5.74) is 3.57. The highest BCUT2D eigenvalue weighted by Crippen LogP contribution is 2.37. The van der Waals surface area contributed by atoms with Crippen LogP contribution in [0.1, 0.15) is 22.8 Å². The number of aromatic carboxylic acids is 1. The van der Waals surface area contributed by atoms with E-state index in [1.165, 1.54) is 31.2 Å². The summed E-state index contributed by atoms with van der Waals surface area (Å²) in [6, 6.07) is 12.9. The molecule has 1 heterocycles. The van der Waals surface area contributed by atoms with Crippen LogP contribution in [0.25, 0.3) is 11.1 Å². The molecule has 4 rings (SSSR count). The van der Waals surface area contributed by atoms with Crippen molar-refractivity contribution in [2.45, 2.75) is 13.3 Å². The van der Waals surface area contributed by atoms with Gasteiger partial charge < -0.3 is 25.7 Å². The van der Waals surface area contributed by atoms with Gasteiger partial charge in [0.25, 0.3) is 5.91 Å². The van der Waals surface area contributed by atoms with Crippen LogP contribution < -0.4 is 15.5 Å². The van der Waals surface area contributed by atoms with Gasteiger partial charge in [0.05, 0.1) is 17.9 Å². The molecule has 0 spiro atoms. The largest absolute Gasteiger partial charge is 0.505 e. The molecule has 0 bridgehead atoms. The van der Waals surface area contributed by atoms with E-state index in [1.54, 1.807) is 18.2 Å². The Kier molecular flexibility index (Phi) is 6.45. The van der Waals surface area contributed by atoms with Gasteiger partial charge in [0.1, 0.15) is 23.0 Å². The molecular weight excluding hydrogens is 455 g/mol. The highest BCUT2D eigenvalue weighted by Gasteiger charge is 2.19. The third kappa shape index (κ3) is 5.11. The average Bonchev–Trinajstić information content (AvgIpc) is 3.29. The van der Waals surface area contributed by atoms with Crippen LogP contribution in [0.5, 0.6) is 11.5 Å². The van der Waals surface area contributed by atoms with Crippen LogP contribution in [0, 0.1) is 11.2 Å². The van der Waals surface area contributed by atoms with E-state index in [4.69, 9.17) is 10.1 Å². The number of halogens is 1. The molecule has 0 aromatic heterocycles. The van der Waals surface area contributed by atoms with E-state index in [9.17, 15) is 24.2 Å². The number of phenolic OH excluding ortho intramolecular Hbond substituents is 1. The fourth-order valence-corrected chi connectivity index (χ4v) is 3.60. The van der Waals surface area contributed by atoms with Crippen LogP contribution in [0.3, 0.4) is 0 Å². The minimum atomic E-state index is -1.17. The summed E-state index contributed by atoms with van der Waals surface area (Å²) in [5, 5.41) is 34.4. The van der Waals surface area contributed by atoms with Crippen molar-refractivity contribution in [1.29, 1.82) is 5.41 Å². The molecule has 0 aliphatic carbocycles. The minimum absolute atomic E-state index is 0.0312. The lowest BCUT2D eigenvalue weighted by molar-refractivity contribution is -0.110. The van der Waals surface area contributed by atoms with Gasteiger partial charge in [-0.05, 0) is 54.4 Å². The smallest absolute Gasteiger partial charge is 0.335 e. The number of hydrogen-bond acceptors (Lipinski definition) is 7. The van der Waals surface area contributed by atoms with E-state index >= 15 is 0 Å².